The number of hydrogen-bond donors (Lipinski definition) is 3. The molecule has 0 unspecified atom stereocenters. The number of aryl methyl sites for hydroxylation is 1. The van der Waals surface area contributed by atoms with Crippen molar-refractivity contribution in [3.8, 4) is 5.75 Å². The van der Waals surface area contributed by atoms with Crippen LogP contribution in [0.1, 0.15) is 18.4 Å². The van der Waals surface area contributed by atoms with Crippen molar-refractivity contribution < 1.29 is 9.53 Å². The molecule has 1 heterocycles. The zero-order chi connectivity index (χ0) is 16.9. The standard InChI is InChI=1S/C18H19N3O3/c1-12-4-2-5-14(10-12)24-9-3-6-17(22)19-13-7-8-15-16(11-13)21-18(23)20-15/h2,4-5,7-8,10-11H,3,6,9H2,1H3,(H,19,22)(H2,20,21,23). The van der Waals surface area contributed by atoms with Crippen molar-refractivity contribution in [1.82, 2.24) is 9.97 Å². The molecule has 0 fully saturated rings. The van der Waals surface area contributed by atoms with Crippen molar-refractivity contribution in [2.75, 3.05) is 11.9 Å². The molecule has 0 spiro atoms. The van der Waals surface area contributed by atoms with Crippen LogP contribution < -0.4 is 15.7 Å². The second-order valence-corrected chi connectivity index (χ2v) is 5.66. The Morgan fingerprint density at radius 1 is 1.12 bits per heavy atom. The SMILES string of the molecule is Cc1cccc(OCCCC(=O)Nc2ccc3[nH]c(=O)[nH]c3c2)c1. The number of benzene rings is 2. The lowest BCUT2D eigenvalue weighted by molar-refractivity contribution is -0.116. The van der Waals surface area contributed by atoms with Gasteiger partial charge in [-0.05, 0) is 49.2 Å². The number of H-pyrrole nitrogens is 2. The second-order valence-electron chi connectivity index (χ2n) is 5.66. The molecule has 24 heavy (non-hydrogen) atoms. The third kappa shape index (κ3) is 4.04. The molecule has 1 aromatic heterocycles. The molecule has 3 N–H and O–H groups in total. The van der Waals surface area contributed by atoms with Crippen molar-refractivity contribution in [3.63, 3.8) is 0 Å². The van der Waals surface area contributed by atoms with E-state index in [1.165, 1.54) is 0 Å². The lowest BCUT2D eigenvalue weighted by Crippen LogP contribution is -2.12. The van der Waals surface area contributed by atoms with Gasteiger partial charge in [-0.2, -0.15) is 0 Å². The molecule has 0 saturated carbocycles. The number of rotatable bonds is 6. The Bertz CT molecular complexity index is 911. The Hall–Kier alpha value is -3.02. The molecule has 2 aromatic carbocycles. The number of ether oxygens (including phenoxy) is 1. The maximum atomic E-state index is 12.0. The van der Waals surface area contributed by atoms with E-state index in [1.807, 2.05) is 31.2 Å². The first-order valence-electron chi connectivity index (χ1n) is 7.81. The predicted octanol–water partition coefficient (Wildman–Crippen LogP) is 2.96. The smallest absolute Gasteiger partial charge is 0.323 e. The van der Waals surface area contributed by atoms with Crippen LogP contribution in [0.5, 0.6) is 5.75 Å². The fourth-order valence-electron chi connectivity index (χ4n) is 2.46. The summed E-state index contributed by atoms with van der Waals surface area (Å²) in [5.74, 6) is 0.734. The van der Waals surface area contributed by atoms with E-state index in [9.17, 15) is 9.59 Å². The van der Waals surface area contributed by atoms with Gasteiger partial charge in [-0.25, -0.2) is 4.79 Å². The van der Waals surface area contributed by atoms with Crippen LogP contribution in [0.2, 0.25) is 0 Å². The first-order valence-corrected chi connectivity index (χ1v) is 7.81. The largest absolute Gasteiger partial charge is 0.494 e. The number of anilines is 1. The number of amides is 1. The van der Waals surface area contributed by atoms with E-state index >= 15 is 0 Å². The Kier molecular flexibility index (Phi) is 4.65. The summed E-state index contributed by atoms with van der Waals surface area (Å²) in [5, 5.41) is 2.82. The highest BCUT2D eigenvalue weighted by Gasteiger charge is 2.05. The number of aromatic nitrogens is 2. The number of carbonyl (C=O) groups is 1. The summed E-state index contributed by atoms with van der Waals surface area (Å²) in [4.78, 5) is 28.5. The Morgan fingerprint density at radius 2 is 1.96 bits per heavy atom. The molecule has 0 aliphatic heterocycles. The highest BCUT2D eigenvalue weighted by molar-refractivity contribution is 5.92. The van der Waals surface area contributed by atoms with Crippen LogP contribution in [0.4, 0.5) is 5.69 Å². The second kappa shape index (κ2) is 7.04. The topological polar surface area (TPSA) is 87.0 Å². The lowest BCUT2D eigenvalue weighted by atomic mass is 10.2. The molecule has 6 heteroatoms. The fraction of sp³-hybridized carbons (Fsp3) is 0.222. The number of imidazole rings is 1. The molecular weight excluding hydrogens is 306 g/mol. The van der Waals surface area contributed by atoms with Crippen molar-refractivity contribution in [1.29, 1.82) is 0 Å². The molecule has 3 aromatic rings. The average Bonchev–Trinajstić information content (AvgIpc) is 2.91. The number of fused-ring (bicyclic) bond motifs is 1. The number of nitrogens with one attached hydrogen (secondary N) is 3. The van der Waals surface area contributed by atoms with Crippen LogP contribution in [-0.4, -0.2) is 22.5 Å². The quantitative estimate of drug-likeness (QED) is 0.609. The maximum absolute atomic E-state index is 12.0. The van der Waals surface area contributed by atoms with E-state index < -0.39 is 0 Å². The minimum absolute atomic E-state index is 0.0833. The summed E-state index contributed by atoms with van der Waals surface area (Å²) in [7, 11) is 0. The first kappa shape index (κ1) is 15.9. The summed E-state index contributed by atoms with van der Waals surface area (Å²) in [6.45, 7) is 2.50. The van der Waals surface area contributed by atoms with E-state index in [0.717, 1.165) is 11.3 Å². The Balaban J connectivity index is 1.47. The van der Waals surface area contributed by atoms with Crippen LogP contribution in [0.25, 0.3) is 11.0 Å². The van der Waals surface area contributed by atoms with Gasteiger partial charge in [0, 0.05) is 12.1 Å². The summed E-state index contributed by atoms with van der Waals surface area (Å²) in [6, 6.07) is 13.1. The van der Waals surface area contributed by atoms with Crippen LogP contribution in [0.15, 0.2) is 47.3 Å². The van der Waals surface area contributed by atoms with Crippen LogP contribution in [0, 0.1) is 6.92 Å². The number of carbonyl (C=O) groups excluding carboxylic acids is 1. The van der Waals surface area contributed by atoms with E-state index in [4.69, 9.17) is 4.74 Å². The van der Waals surface area contributed by atoms with Gasteiger partial charge in [0.15, 0.2) is 0 Å². The van der Waals surface area contributed by atoms with Crippen molar-refractivity contribution >= 4 is 22.6 Å². The monoisotopic (exact) mass is 325 g/mol. The molecule has 1 amide bonds. The summed E-state index contributed by atoms with van der Waals surface area (Å²) >= 11 is 0. The van der Waals surface area contributed by atoms with Gasteiger partial charge in [0.1, 0.15) is 5.75 Å². The molecule has 3 rings (SSSR count). The minimum atomic E-state index is -0.262. The first-order chi connectivity index (χ1) is 11.6. The fourth-order valence-corrected chi connectivity index (χ4v) is 2.46. The van der Waals surface area contributed by atoms with Gasteiger partial charge in [0.2, 0.25) is 5.91 Å². The molecule has 0 bridgehead atoms. The molecule has 0 saturated heterocycles. The predicted molar refractivity (Wildman–Crippen MR) is 93.5 cm³/mol. The third-order valence-electron chi connectivity index (χ3n) is 3.61. The Morgan fingerprint density at radius 3 is 2.79 bits per heavy atom. The van der Waals surface area contributed by atoms with Gasteiger partial charge >= 0.3 is 5.69 Å². The molecule has 0 atom stereocenters. The summed E-state index contributed by atoms with van der Waals surface area (Å²) < 4.78 is 5.62. The number of aromatic amines is 2. The molecule has 0 radical (unpaired) electrons. The third-order valence-corrected chi connectivity index (χ3v) is 3.61. The van der Waals surface area contributed by atoms with E-state index in [1.54, 1.807) is 18.2 Å². The van der Waals surface area contributed by atoms with Crippen LogP contribution >= 0.6 is 0 Å². The molecule has 0 aliphatic carbocycles. The van der Waals surface area contributed by atoms with Gasteiger partial charge in [0.25, 0.3) is 0 Å². The highest BCUT2D eigenvalue weighted by Crippen LogP contribution is 2.15. The summed E-state index contributed by atoms with van der Waals surface area (Å²) in [6.07, 6.45) is 0.997. The highest BCUT2D eigenvalue weighted by atomic mass is 16.5. The van der Waals surface area contributed by atoms with Crippen molar-refractivity contribution in [2.24, 2.45) is 0 Å². The van der Waals surface area contributed by atoms with Gasteiger partial charge < -0.3 is 20.0 Å². The van der Waals surface area contributed by atoms with Gasteiger partial charge in [0.05, 0.1) is 17.6 Å². The van der Waals surface area contributed by atoms with Gasteiger partial charge in [-0.3, -0.25) is 4.79 Å². The normalized spacial score (nSPS) is 10.7. The van der Waals surface area contributed by atoms with Crippen molar-refractivity contribution in [2.45, 2.75) is 19.8 Å². The lowest BCUT2D eigenvalue weighted by Gasteiger charge is -2.07. The summed E-state index contributed by atoms with van der Waals surface area (Å²) in [5.41, 5.74) is 2.91. The Labute approximate surface area is 138 Å². The van der Waals surface area contributed by atoms with Gasteiger partial charge in [-0.15, -0.1) is 0 Å². The molecule has 124 valence electrons. The minimum Gasteiger partial charge on any atom is -0.494 e. The molecule has 0 aliphatic rings. The van der Waals surface area contributed by atoms with Crippen LogP contribution in [0.3, 0.4) is 0 Å². The molecular formula is C18H19N3O3. The zero-order valence-corrected chi connectivity index (χ0v) is 13.4. The molecule has 6 nitrogen and oxygen atoms in total. The van der Waals surface area contributed by atoms with Gasteiger partial charge in [-0.1, -0.05) is 12.1 Å². The zero-order valence-electron chi connectivity index (χ0n) is 13.4. The average molecular weight is 325 g/mol. The maximum Gasteiger partial charge on any atom is 0.323 e. The number of hydrogen-bond acceptors (Lipinski definition) is 3. The van der Waals surface area contributed by atoms with Crippen molar-refractivity contribution in [3.05, 3.63) is 58.5 Å². The van der Waals surface area contributed by atoms with E-state index in [0.29, 0.717) is 36.2 Å². The van der Waals surface area contributed by atoms with Crippen LogP contribution in [-0.2, 0) is 4.79 Å². The van der Waals surface area contributed by atoms with E-state index in [-0.39, 0.29) is 11.6 Å². The van der Waals surface area contributed by atoms with E-state index in [2.05, 4.69) is 15.3 Å².